The monoisotopic (exact) mass is 160 g/mol. The zero-order valence-corrected chi connectivity index (χ0v) is 8.32. The fraction of sp³-hybridized carbons (Fsp3) is 1.00. The third-order valence-electron chi connectivity index (χ3n) is 1.26. The molecule has 0 aromatic carbocycles. The molecular formula is C9H24N2. The molecule has 0 radical (unpaired) electrons. The molecule has 0 unspecified atom stereocenters. The molecule has 0 aliphatic carbocycles. The van der Waals surface area contributed by atoms with E-state index in [0.717, 1.165) is 6.54 Å². The summed E-state index contributed by atoms with van der Waals surface area (Å²) in [7, 11) is 0. The lowest BCUT2D eigenvalue weighted by Crippen LogP contribution is -2.29. The lowest BCUT2D eigenvalue weighted by atomic mass is 10.3. The summed E-state index contributed by atoms with van der Waals surface area (Å²) < 4.78 is 0. The van der Waals surface area contributed by atoms with Gasteiger partial charge in [0.25, 0.3) is 0 Å². The van der Waals surface area contributed by atoms with Gasteiger partial charge < -0.3 is 11.1 Å². The van der Waals surface area contributed by atoms with Crippen LogP contribution in [0.1, 0.15) is 40.0 Å². The van der Waals surface area contributed by atoms with Crippen molar-refractivity contribution in [2.45, 2.75) is 40.0 Å². The summed E-state index contributed by atoms with van der Waals surface area (Å²) in [5.74, 6) is 0. The van der Waals surface area contributed by atoms with Crippen molar-refractivity contribution >= 4 is 0 Å². The summed E-state index contributed by atoms with van der Waals surface area (Å²) >= 11 is 0. The van der Waals surface area contributed by atoms with Crippen molar-refractivity contribution in [3.63, 3.8) is 0 Å². The lowest BCUT2D eigenvalue weighted by molar-refractivity contribution is 0.527. The van der Waals surface area contributed by atoms with Gasteiger partial charge in [-0.1, -0.05) is 27.2 Å². The van der Waals surface area contributed by atoms with Crippen molar-refractivity contribution in [1.82, 2.24) is 5.32 Å². The van der Waals surface area contributed by atoms with Gasteiger partial charge in [0.1, 0.15) is 0 Å². The van der Waals surface area contributed by atoms with E-state index < -0.39 is 0 Å². The molecule has 2 nitrogen and oxygen atoms in total. The molecule has 0 amide bonds. The average molecular weight is 160 g/mol. The van der Waals surface area contributed by atoms with E-state index >= 15 is 0 Å². The van der Waals surface area contributed by atoms with Crippen LogP contribution in [0.4, 0.5) is 0 Å². The summed E-state index contributed by atoms with van der Waals surface area (Å²) in [6.45, 7) is 9.48. The minimum Gasteiger partial charge on any atom is -0.330 e. The van der Waals surface area contributed by atoms with Crippen LogP contribution in [0.5, 0.6) is 0 Å². The van der Waals surface area contributed by atoms with Gasteiger partial charge in [0, 0.05) is 0 Å². The highest BCUT2D eigenvalue weighted by molar-refractivity contribution is 4.56. The molecule has 2 heteroatoms. The highest BCUT2D eigenvalue weighted by Gasteiger charge is 1.92. The van der Waals surface area contributed by atoms with Crippen LogP contribution in [-0.2, 0) is 0 Å². The Morgan fingerprint density at radius 3 is 1.64 bits per heavy atom. The first-order valence-electron chi connectivity index (χ1n) is 4.82. The highest BCUT2D eigenvalue weighted by atomic mass is 14.9. The highest BCUT2D eigenvalue weighted by Crippen LogP contribution is 1.80. The predicted octanol–water partition coefficient (Wildman–Crippen LogP) is 1.75. The summed E-state index contributed by atoms with van der Waals surface area (Å²) in [5, 5.41) is 3.11. The van der Waals surface area contributed by atoms with E-state index in [9.17, 15) is 0 Å². The van der Waals surface area contributed by atoms with Gasteiger partial charge in [-0.2, -0.15) is 0 Å². The maximum Gasteiger partial charge on any atom is -0.00368 e. The molecule has 1 heterocycles. The minimum absolute atomic E-state index is 0.844. The number of nitrogens with two attached hydrogens (primary N) is 1. The molecule has 1 aliphatic heterocycles. The molecule has 1 aliphatic rings. The molecule has 0 aromatic rings. The molecule has 1 rings (SSSR count). The predicted molar refractivity (Wildman–Crippen MR) is 52.8 cm³/mol. The van der Waals surface area contributed by atoms with Crippen molar-refractivity contribution < 1.29 is 0 Å². The Kier molecular flexibility index (Phi) is 20.2. The molecular weight excluding hydrogens is 136 g/mol. The first kappa shape index (κ1) is 13.5. The SMILES string of the molecule is C1CNC1.CC.CCCCN. The van der Waals surface area contributed by atoms with E-state index in [-0.39, 0.29) is 0 Å². The Morgan fingerprint density at radius 2 is 1.64 bits per heavy atom. The van der Waals surface area contributed by atoms with Crippen molar-refractivity contribution in [3.8, 4) is 0 Å². The Morgan fingerprint density at radius 1 is 1.27 bits per heavy atom. The molecule has 1 saturated heterocycles. The van der Waals surface area contributed by atoms with E-state index in [1.54, 1.807) is 0 Å². The van der Waals surface area contributed by atoms with Crippen LogP contribution in [-0.4, -0.2) is 19.6 Å². The van der Waals surface area contributed by atoms with Gasteiger partial charge in [-0.3, -0.25) is 0 Å². The van der Waals surface area contributed by atoms with Crippen molar-refractivity contribution in [2.24, 2.45) is 5.73 Å². The molecule has 1 fully saturated rings. The number of hydrogen-bond acceptors (Lipinski definition) is 2. The largest absolute Gasteiger partial charge is 0.330 e. The first-order chi connectivity index (χ1) is 5.41. The quantitative estimate of drug-likeness (QED) is 0.646. The van der Waals surface area contributed by atoms with Crippen LogP contribution in [0.3, 0.4) is 0 Å². The number of hydrogen-bond donors (Lipinski definition) is 2. The van der Waals surface area contributed by atoms with E-state index in [4.69, 9.17) is 5.73 Å². The Balaban J connectivity index is 0. The van der Waals surface area contributed by atoms with E-state index in [1.807, 2.05) is 13.8 Å². The second-order valence-electron chi connectivity index (χ2n) is 2.25. The third kappa shape index (κ3) is 17.8. The second-order valence-corrected chi connectivity index (χ2v) is 2.25. The molecule has 0 bridgehead atoms. The summed E-state index contributed by atoms with van der Waals surface area (Å²) in [4.78, 5) is 0. The summed E-state index contributed by atoms with van der Waals surface area (Å²) in [5.41, 5.74) is 5.14. The van der Waals surface area contributed by atoms with E-state index in [2.05, 4.69) is 12.2 Å². The topological polar surface area (TPSA) is 38.0 Å². The average Bonchev–Trinajstić information content (AvgIpc) is 1.90. The van der Waals surface area contributed by atoms with Crippen molar-refractivity contribution in [2.75, 3.05) is 19.6 Å². The van der Waals surface area contributed by atoms with Crippen LogP contribution < -0.4 is 11.1 Å². The normalized spacial score (nSPS) is 13.1. The van der Waals surface area contributed by atoms with E-state index in [0.29, 0.717) is 0 Å². The van der Waals surface area contributed by atoms with Crippen LogP contribution in [0.2, 0.25) is 0 Å². The van der Waals surface area contributed by atoms with Crippen LogP contribution in [0.25, 0.3) is 0 Å². The molecule has 3 N–H and O–H groups in total. The molecule has 0 aromatic heterocycles. The number of rotatable bonds is 2. The molecule has 0 atom stereocenters. The smallest absolute Gasteiger partial charge is 0.00368 e. The fourth-order valence-corrected chi connectivity index (χ4v) is 0.381. The van der Waals surface area contributed by atoms with Gasteiger partial charge in [0.2, 0.25) is 0 Å². The van der Waals surface area contributed by atoms with Gasteiger partial charge in [-0.15, -0.1) is 0 Å². The van der Waals surface area contributed by atoms with Crippen LogP contribution >= 0.6 is 0 Å². The van der Waals surface area contributed by atoms with Crippen LogP contribution in [0.15, 0.2) is 0 Å². The van der Waals surface area contributed by atoms with Gasteiger partial charge >= 0.3 is 0 Å². The maximum absolute atomic E-state index is 5.14. The number of unbranched alkanes of at least 4 members (excludes halogenated alkanes) is 1. The third-order valence-corrected chi connectivity index (χ3v) is 1.26. The van der Waals surface area contributed by atoms with Gasteiger partial charge in [0.15, 0.2) is 0 Å². The van der Waals surface area contributed by atoms with E-state index in [1.165, 1.54) is 32.4 Å². The zero-order chi connectivity index (χ0) is 8.95. The molecule has 11 heavy (non-hydrogen) atoms. The lowest BCUT2D eigenvalue weighted by Gasteiger charge is -2.09. The van der Waals surface area contributed by atoms with Crippen LogP contribution in [0, 0.1) is 0 Å². The standard InChI is InChI=1S/C4H11N.C3H7N.C2H6/c1-2-3-4-5;1-2-4-3-1;1-2/h2-5H2,1H3;4H,1-3H2;1-2H3. The van der Waals surface area contributed by atoms with Gasteiger partial charge in [-0.25, -0.2) is 0 Å². The second kappa shape index (κ2) is 16.5. The molecule has 0 saturated carbocycles. The zero-order valence-electron chi connectivity index (χ0n) is 8.32. The van der Waals surface area contributed by atoms with Gasteiger partial charge in [0.05, 0.1) is 0 Å². The Hall–Kier alpha value is -0.0800. The Bertz CT molecular complexity index is 36.8. The maximum atomic E-state index is 5.14. The molecule has 0 spiro atoms. The number of nitrogens with one attached hydrogen (secondary N) is 1. The summed E-state index contributed by atoms with van der Waals surface area (Å²) in [6.07, 6.45) is 3.77. The fourth-order valence-electron chi connectivity index (χ4n) is 0.381. The van der Waals surface area contributed by atoms with Crippen molar-refractivity contribution in [3.05, 3.63) is 0 Å². The Labute approximate surface area is 71.6 Å². The molecule has 70 valence electrons. The minimum atomic E-state index is 0.844. The van der Waals surface area contributed by atoms with Gasteiger partial charge in [-0.05, 0) is 32.5 Å². The summed E-state index contributed by atoms with van der Waals surface area (Å²) in [6, 6.07) is 0. The first-order valence-corrected chi connectivity index (χ1v) is 4.82. The van der Waals surface area contributed by atoms with Crippen molar-refractivity contribution in [1.29, 1.82) is 0 Å².